The predicted molar refractivity (Wildman–Crippen MR) is 94.3 cm³/mol. The molecule has 3 N–H and O–H groups in total. The third-order valence-corrected chi connectivity index (χ3v) is 3.87. The van der Waals surface area contributed by atoms with Gasteiger partial charge in [-0.05, 0) is 19.1 Å². The van der Waals surface area contributed by atoms with Gasteiger partial charge in [0.25, 0.3) is 0 Å². The van der Waals surface area contributed by atoms with Crippen LogP contribution in [0.1, 0.15) is 6.92 Å². The van der Waals surface area contributed by atoms with Crippen LogP contribution in [0.3, 0.4) is 0 Å². The summed E-state index contributed by atoms with van der Waals surface area (Å²) in [4.78, 5) is 18.9. The number of hydrogen-bond acceptors (Lipinski definition) is 5. The van der Waals surface area contributed by atoms with E-state index < -0.39 is 24.7 Å². The third kappa shape index (κ3) is 4.64. The molecule has 0 aliphatic carbocycles. The minimum absolute atomic E-state index is 0.430. The molecule has 0 bridgehead atoms. The van der Waals surface area contributed by atoms with Crippen LogP contribution in [-0.2, 0) is 4.79 Å². The van der Waals surface area contributed by atoms with Crippen LogP contribution in [0.15, 0.2) is 30.7 Å². The first-order valence-electron chi connectivity index (χ1n) is 7.79. The molecular weight excluding hydrogens is 385 g/mol. The lowest BCUT2D eigenvalue weighted by Crippen LogP contribution is -2.42. The van der Waals surface area contributed by atoms with Gasteiger partial charge in [0.05, 0.1) is 22.6 Å². The molecule has 27 heavy (non-hydrogen) atoms. The van der Waals surface area contributed by atoms with Gasteiger partial charge in [-0.15, -0.1) is 0 Å². The minimum Gasteiger partial charge on any atom is -0.373 e. The molecule has 3 rings (SSSR count). The topological polar surface area (TPSA) is 95.6 Å². The number of pyridine rings is 1. The molecule has 1 amide bonds. The Hall–Kier alpha value is -2.88. The van der Waals surface area contributed by atoms with Gasteiger partial charge in [-0.25, -0.2) is 4.98 Å². The molecule has 3 aromatic rings. The number of carbonyl (C=O) groups excluding carboxylic acids is 1. The summed E-state index contributed by atoms with van der Waals surface area (Å²) in [6, 6.07) is 2.46. The maximum absolute atomic E-state index is 12.2. The maximum Gasteiger partial charge on any atom is 0.405 e. The van der Waals surface area contributed by atoms with Crippen LogP contribution < -0.4 is 10.6 Å². The molecule has 0 saturated carbocycles. The Labute approximate surface area is 156 Å². The van der Waals surface area contributed by atoms with E-state index in [0.717, 1.165) is 5.39 Å². The van der Waals surface area contributed by atoms with Gasteiger partial charge in [0.15, 0.2) is 0 Å². The Morgan fingerprint density at radius 2 is 2.11 bits per heavy atom. The van der Waals surface area contributed by atoms with Crippen molar-refractivity contribution < 1.29 is 18.0 Å². The molecule has 1 atom stereocenters. The van der Waals surface area contributed by atoms with Crippen LogP contribution in [-0.4, -0.2) is 44.8 Å². The van der Waals surface area contributed by atoms with E-state index in [4.69, 9.17) is 11.6 Å². The van der Waals surface area contributed by atoms with Gasteiger partial charge in [-0.1, -0.05) is 11.6 Å². The molecule has 11 heteroatoms. The van der Waals surface area contributed by atoms with Crippen LogP contribution in [0.2, 0.25) is 5.02 Å². The first-order chi connectivity index (χ1) is 12.7. The number of halogens is 4. The Bertz CT molecular complexity index is 974. The number of anilines is 1. The SMILES string of the molecule is CC(Nc1cnnc(-c2c[nH]c3ncc(Cl)cc23)c1)C(=O)NCC(F)(F)F. The van der Waals surface area contributed by atoms with Gasteiger partial charge in [0.2, 0.25) is 5.91 Å². The molecule has 0 spiro atoms. The number of nitrogens with zero attached hydrogens (tertiary/aromatic N) is 3. The Kier molecular flexibility index (Phi) is 5.17. The van der Waals surface area contributed by atoms with E-state index in [1.807, 2.05) is 5.32 Å². The van der Waals surface area contributed by atoms with E-state index in [0.29, 0.717) is 27.6 Å². The molecule has 0 aliphatic rings. The fourth-order valence-electron chi connectivity index (χ4n) is 2.42. The highest BCUT2D eigenvalue weighted by Gasteiger charge is 2.28. The number of carbonyl (C=O) groups is 1. The number of aromatic nitrogens is 4. The van der Waals surface area contributed by atoms with Crippen LogP contribution in [0, 0.1) is 0 Å². The summed E-state index contributed by atoms with van der Waals surface area (Å²) in [7, 11) is 0. The molecule has 3 heterocycles. The van der Waals surface area contributed by atoms with E-state index in [9.17, 15) is 18.0 Å². The lowest BCUT2D eigenvalue weighted by Gasteiger charge is -2.16. The zero-order valence-electron chi connectivity index (χ0n) is 13.9. The first-order valence-corrected chi connectivity index (χ1v) is 8.17. The Morgan fingerprint density at radius 3 is 2.85 bits per heavy atom. The van der Waals surface area contributed by atoms with Crippen molar-refractivity contribution in [2.24, 2.45) is 0 Å². The summed E-state index contributed by atoms with van der Waals surface area (Å²) < 4.78 is 36.6. The lowest BCUT2D eigenvalue weighted by molar-refractivity contribution is -0.138. The number of rotatable bonds is 5. The van der Waals surface area contributed by atoms with Crippen molar-refractivity contribution in [1.82, 2.24) is 25.5 Å². The monoisotopic (exact) mass is 398 g/mol. The smallest absolute Gasteiger partial charge is 0.373 e. The van der Waals surface area contributed by atoms with E-state index in [1.54, 1.807) is 18.3 Å². The highest BCUT2D eigenvalue weighted by molar-refractivity contribution is 6.31. The van der Waals surface area contributed by atoms with E-state index in [2.05, 4.69) is 25.5 Å². The van der Waals surface area contributed by atoms with Crippen LogP contribution in [0.4, 0.5) is 18.9 Å². The number of H-pyrrole nitrogens is 1. The van der Waals surface area contributed by atoms with Gasteiger partial charge in [0, 0.05) is 23.3 Å². The fraction of sp³-hybridized carbons (Fsp3) is 0.250. The summed E-state index contributed by atoms with van der Waals surface area (Å²) in [5, 5.41) is 13.8. The number of fused-ring (bicyclic) bond motifs is 1. The predicted octanol–water partition coefficient (Wildman–Crippen LogP) is 3.15. The summed E-state index contributed by atoms with van der Waals surface area (Å²) in [5.74, 6) is -0.784. The van der Waals surface area contributed by atoms with Crippen molar-refractivity contribution in [2.45, 2.75) is 19.1 Å². The number of alkyl halides is 3. The fourth-order valence-corrected chi connectivity index (χ4v) is 2.58. The average Bonchev–Trinajstić information content (AvgIpc) is 3.02. The largest absolute Gasteiger partial charge is 0.405 e. The number of amides is 1. The summed E-state index contributed by atoms with van der Waals surface area (Å²) >= 11 is 5.98. The number of aromatic amines is 1. The third-order valence-electron chi connectivity index (χ3n) is 3.67. The van der Waals surface area contributed by atoms with Gasteiger partial charge < -0.3 is 15.6 Å². The zero-order chi connectivity index (χ0) is 19.6. The van der Waals surface area contributed by atoms with Gasteiger partial charge in [-0.3, -0.25) is 4.79 Å². The summed E-state index contributed by atoms with van der Waals surface area (Å²) in [6.45, 7) is 0.0575. The lowest BCUT2D eigenvalue weighted by atomic mass is 10.1. The molecule has 3 aromatic heterocycles. The van der Waals surface area contributed by atoms with Crippen molar-refractivity contribution in [2.75, 3.05) is 11.9 Å². The van der Waals surface area contributed by atoms with Crippen molar-refractivity contribution in [3.63, 3.8) is 0 Å². The second-order valence-electron chi connectivity index (χ2n) is 5.78. The Morgan fingerprint density at radius 1 is 1.33 bits per heavy atom. The zero-order valence-corrected chi connectivity index (χ0v) is 14.7. The number of nitrogens with one attached hydrogen (secondary N) is 3. The second-order valence-corrected chi connectivity index (χ2v) is 6.22. The summed E-state index contributed by atoms with van der Waals surface area (Å²) in [5.41, 5.74) is 2.23. The van der Waals surface area contributed by atoms with E-state index in [1.165, 1.54) is 19.3 Å². The quantitative estimate of drug-likeness (QED) is 0.613. The van der Waals surface area contributed by atoms with Gasteiger partial charge in [-0.2, -0.15) is 23.4 Å². The normalized spacial score (nSPS) is 12.8. The molecule has 7 nitrogen and oxygen atoms in total. The van der Waals surface area contributed by atoms with Crippen molar-refractivity contribution in [1.29, 1.82) is 0 Å². The van der Waals surface area contributed by atoms with Crippen molar-refractivity contribution >= 4 is 34.2 Å². The van der Waals surface area contributed by atoms with Gasteiger partial charge >= 0.3 is 6.18 Å². The molecule has 1 unspecified atom stereocenters. The standard InChI is InChI=1S/C16H14ClF3N6O/c1-8(15(27)23-7-16(18,19)20)25-10-3-13(26-24-5-10)12-6-22-14-11(12)2-9(17)4-21-14/h2-6,8H,7H2,1H3,(H,21,22)(H,23,27)(H,25,26). The molecule has 0 fully saturated rings. The van der Waals surface area contributed by atoms with Crippen molar-refractivity contribution in [3.05, 3.63) is 35.7 Å². The van der Waals surface area contributed by atoms with E-state index >= 15 is 0 Å². The van der Waals surface area contributed by atoms with Crippen molar-refractivity contribution in [3.8, 4) is 11.3 Å². The molecule has 0 radical (unpaired) electrons. The van der Waals surface area contributed by atoms with E-state index in [-0.39, 0.29) is 0 Å². The van der Waals surface area contributed by atoms with Gasteiger partial charge in [0.1, 0.15) is 18.2 Å². The second kappa shape index (κ2) is 7.39. The molecule has 0 aliphatic heterocycles. The molecule has 142 valence electrons. The maximum atomic E-state index is 12.2. The number of hydrogen-bond donors (Lipinski definition) is 3. The van der Waals surface area contributed by atoms with Crippen LogP contribution in [0.5, 0.6) is 0 Å². The highest BCUT2D eigenvalue weighted by atomic mass is 35.5. The van der Waals surface area contributed by atoms with Crippen LogP contribution >= 0.6 is 11.6 Å². The molecular formula is C16H14ClF3N6O. The van der Waals surface area contributed by atoms with Crippen LogP contribution in [0.25, 0.3) is 22.3 Å². The minimum atomic E-state index is -4.47. The Balaban J connectivity index is 1.77. The first kappa shape index (κ1) is 18.9. The molecule has 0 aromatic carbocycles. The average molecular weight is 399 g/mol. The molecule has 0 saturated heterocycles. The highest BCUT2D eigenvalue weighted by Crippen LogP contribution is 2.29. The summed E-state index contributed by atoms with van der Waals surface area (Å²) in [6.07, 6.45) is 0.110.